The van der Waals surface area contributed by atoms with Crippen LogP contribution in [0.3, 0.4) is 0 Å². The van der Waals surface area contributed by atoms with Gasteiger partial charge in [0, 0.05) is 37.1 Å². The van der Waals surface area contributed by atoms with E-state index in [-0.39, 0.29) is 0 Å². The van der Waals surface area contributed by atoms with Crippen molar-refractivity contribution in [3.63, 3.8) is 0 Å². The predicted octanol–water partition coefficient (Wildman–Crippen LogP) is 3.20. The van der Waals surface area contributed by atoms with Gasteiger partial charge in [0.25, 0.3) is 0 Å². The lowest BCUT2D eigenvalue weighted by Crippen LogP contribution is -2.45. The van der Waals surface area contributed by atoms with Gasteiger partial charge in [-0.15, -0.1) is 0 Å². The summed E-state index contributed by atoms with van der Waals surface area (Å²) in [5.74, 6) is 1.54. The topological polar surface area (TPSA) is 28.2 Å². The van der Waals surface area contributed by atoms with Crippen molar-refractivity contribution in [2.45, 2.75) is 58.7 Å². The highest BCUT2D eigenvalue weighted by molar-refractivity contribution is 5.48. The second-order valence-electron chi connectivity index (χ2n) is 6.87. The van der Waals surface area contributed by atoms with Gasteiger partial charge in [-0.2, -0.15) is 0 Å². The molecule has 3 rings (SSSR count). The minimum atomic E-state index is 0.623. The monoisotopic (exact) mass is 273 g/mol. The van der Waals surface area contributed by atoms with E-state index in [4.69, 9.17) is 0 Å². The Hall–Kier alpha value is -1.09. The summed E-state index contributed by atoms with van der Waals surface area (Å²) in [6.45, 7) is 9.19. The Morgan fingerprint density at radius 3 is 2.85 bits per heavy atom. The van der Waals surface area contributed by atoms with Crippen molar-refractivity contribution >= 4 is 5.69 Å². The van der Waals surface area contributed by atoms with Gasteiger partial charge in [0.15, 0.2) is 0 Å². The molecular weight excluding hydrogens is 246 g/mol. The Morgan fingerprint density at radius 1 is 1.30 bits per heavy atom. The molecule has 3 atom stereocenters. The SMILES string of the molecule is CC1CC(C)C(C)N(c2ccnc(CNC3CC3)c2)C1. The van der Waals surface area contributed by atoms with Crippen LogP contribution in [0.25, 0.3) is 0 Å². The van der Waals surface area contributed by atoms with Crippen molar-refractivity contribution in [1.82, 2.24) is 10.3 Å². The normalized spacial score (nSPS) is 30.6. The van der Waals surface area contributed by atoms with Gasteiger partial charge in [-0.25, -0.2) is 0 Å². The molecule has 2 heterocycles. The number of rotatable bonds is 4. The maximum atomic E-state index is 4.51. The molecule has 1 N–H and O–H groups in total. The third-order valence-electron chi connectivity index (χ3n) is 4.88. The van der Waals surface area contributed by atoms with Crippen molar-refractivity contribution in [1.29, 1.82) is 0 Å². The summed E-state index contributed by atoms with van der Waals surface area (Å²) in [6, 6.07) is 5.81. The van der Waals surface area contributed by atoms with Crippen LogP contribution in [0.5, 0.6) is 0 Å². The van der Waals surface area contributed by atoms with Crippen LogP contribution >= 0.6 is 0 Å². The van der Waals surface area contributed by atoms with E-state index >= 15 is 0 Å². The van der Waals surface area contributed by atoms with Crippen LogP contribution < -0.4 is 10.2 Å². The summed E-state index contributed by atoms with van der Waals surface area (Å²) < 4.78 is 0. The van der Waals surface area contributed by atoms with Crippen LogP contribution in [0.4, 0.5) is 5.69 Å². The first-order valence-electron chi connectivity index (χ1n) is 8.08. The zero-order valence-corrected chi connectivity index (χ0v) is 13.0. The summed E-state index contributed by atoms with van der Waals surface area (Å²) in [7, 11) is 0. The van der Waals surface area contributed by atoms with E-state index in [1.165, 1.54) is 37.2 Å². The van der Waals surface area contributed by atoms with Gasteiger partial charge in [-0.3, -0.25) is 4.98 Å². The first-order valence-corrected chi connectivity index (χ1v) is 8.08. The fraction of sp³-hybridized carbons (Fsp3) is 0.706. The van der Waals surface area contributed by atoms with Gasteiger partial charge < -0.3 is 10.2 Å². The highest BCUT2D eigenvalue weighted by Crippen LogP contribution is 2.31. The molecule has 0 bridgehead atoms. The lowest BCUT2D eigenvalue weighted by atomic mass is 9.85. The number of aromatic nitrogens is 1. The van der Waals surface area contributed by atoms with E-state index in [0.29, 0.717) is 6.04 Å². The van der Waals surface area contributed by atoms with Crippen molar-refractivity contribution < 1.29 is 0 Å². The number of piperidine rings is 1. The van der Waals surface area contributed by atoms with E-state index in [1.54, 1.807) is 0 Å². The molecule has 1 saturated carbocycles. The number of nitrogens with one attached hydrogen (secondary N) is 1. The molecule has 1 aliphatic heterocycles. The molecule has 0 amide bonds. The number of pyridine rings is 1. The quantitative estimate of drug-likeness (QED) is 0.913. The number of hydrogen-bond acceptors (Lipinski definition) is 3. The second kappa shape index (κ2) is 5.72. The summed E-state index contributed by atoms with van der Waals surface area (Å²) >= 11 is 0. The molecule has 1 saturated heterocycles. The summed E-state index contributed by atoms with van der Waals surface area (Å²) in [4.78, 5) is 7.08. The molecule has 0 spiro atoms. The van der Waals surface area contributed by atoms with Crippen LogP contribution in [-0.4, -0.2) is 23.6 Å². The fourth-order valence-corrected chi connectivity index (χ4v) is 3.33. The fourth-order valence-electron chi connectivity index (χ4n) is 3.33. The van der Waals surface area contributed by atoms with Crippen LogP contribution in [0.1, 0.15) is 45.7 Å². The maximum absolute atomic E-state index is 4.51. The molecule has 3 unspecified atom stereocenters. The Balaban J connectivity index is 1.72. The van der Waals surface area contributed by atoms with Gasteiger partial charge in [0.2, 0.25) is 0 Å². The molecular formula is C17H27N3. The van der Waals surface area contributed by atoms with Gasteiger partial charge in [0.05, 0.1) is 5.69 Å². The van der Waals surface area contributed by atoms with E-state index in [1.807, 2.05) is 6.20 Å². The standard InChI is InChI=1S/C17H27N3/c1-12-8-13(2)14(3)20(11-12)17-6-7-18-16(9-17)10-19-15-4-5-15/h6-7,9,12-15,19H,4-5,8,10-11H2,1-3H3. The lowest BCUT2D eigenvalue weighted by molar-refractivity contribution is 0.297. The minimum absolute atomic E-state index is 0.623. The molecule has 3 nitrogen and oxygen atoms in total. The average molecular weight is 273 g/mol. The van der Waals surface area contributed by atoms with E-state index < -0.39 is 0 Å². The van der Waals surface area contributed by atoms with E-state index in [9.17, 15) is 0 Å². The Bertz CT molecular complexity index is 455. The summed E-state index contributed by atoms with van der Waals surface area (Å²) in [5, 5.41) is 3.55. The van der Waals surface area contributed by atoms with Gasteiger partial charge in [0.1, 0.15) is 0 Å². The number of hydrogen-bond donors (Lipinski definition) is 1. The van der Waals surface area contributed by atoms with Crippen molar-refractivity contribution in [3.05, 3.63) is 24.0 Å². The third-order valence-corrected chi connectivity index (χ3v) is 4.88. The smallest absolute Gasteiger partial charge is 0.0562 e. The van der Waals surface area contributed by atoms with Crippen molar-refractivity contribution in [2.75, 3.05) is 11.4 Å². The Labute approximate surface area is 122 Å². The molecule has 20 heavy (non-hydrogen) atoms. The zero-order chi connectivity index (χ0) is 14.1. The van der Waals surface area contributed by atoms with Crippen LogP contribution in [0, 0.1) is 11.8 Å². The van der Waals surface area contributed by atoms with Gasteiger partial charge in [-0.05, 0) is 50.2 Å². The average Bonchev–Trinajstić information content (AvgIpc) is 3.25. The van der Waals surface area contributed by atoms with Crippen LogP contribution in [-0.2, 0) is 6.54 Å². The first kappa shape index (κ1) is 13.9. The van der Waals surface area contributed by atoms with E-state index in [0.717, 1.165) is 24.4 Å². The molecule has 2 fully saturated rings. The molecule has 110 valence electrons. The molecule has 0 radical (unpaired) electrons. The van der Waals surface area contributed by atoms with Crippen molar-refractivity contribution in [3.8, 4) is 0 Å². The highest BCUT2D eigenvalue weighted by Gasteiger charge is 2.29. The molecule has 2 aliphatic rings. The van der Waals surface area contributed by atoms with Crippen LogP contribution in [0.2, 0.25) is 0 Å². The van der Waals surface area contributed by atoms with E-state index in [2.05, 4.69) is 48.1 Å². The molecule has 1 aliphatic carbocycles. The van der Waals surface area contributed by atoms with Crippen molar-refractivity contribution in [2.24, 2.45) is 11.8 Å². The molecule has 1 aromatic rings. The maximum Gasteiger partial charge on any atom is 0.0562 e. The minimum Gasteiger partial charge on any atom is -0.368 e. The largest absolute Gasteiger partial charge is 0.368 e. The summed E-state index contributed by atoms with van der Waals surface area (Å²) in [6.07, 6.45) is 5.98. The second-order valence-corrected chi connectivity index (χ2v) is 6.87. The highest BCUT2D eigenvalue weighted by atomic mass is 15.2. The Morgan fingerprint density at radius 2 is 2.10 bits per heavy atom. The third kappa shape index (κ3) is 3.14. The molecule has 0 aromatic carbocycles. The number of nitrogens with zero attached hydrogens (tertiary/aromatic N) is 2. The van der Waals surface area contributed by atoms with Gasteiger partial charge >= 0.3 is 0 Å². The van der Waals surface area contributed by atoms with Gasteiger partial charge in [-0.1, -0.05) is 13.8 Å². The zero-order valence-electron chi connectivity index (χ0n) is 13.0. The van der Waals surface area contributed by atoms with Crippen LogP contribution in [0.15, 0.2) is 18.3 Å². The number of anilines is 1. The Kier molecular flexibility index (Phi) is 3.97. The lowest BCUT2D eigenvalue weighted by Gasteiger charge is -2.42. The molecule has 3 heteroatoms. The summed E-state index contributed by atoms with van der Waals surface area (Å²) in [5.41, 5.74) is 2.52. The first-order chi connectivity index (χ1) is 9.63. The predicted molar refractivity (Wildman–Crippen MR) is 83.9 cm³/mol. The molecule has 1 aromatic heterocycles.